The van der Waals surface area contributed by atoms with Crippen molar-refractivity contribution >= 4 is 35.0 Å². The second-order valence-electron chi connectivity index (χ2n) is 12.4. The number of para-hydroxylation sites is 2. The van der Waals surface area contributed by atoms with E-state index in [-0.39, 0.29) is 36.5 Å². The molecule has 0 spiro atoms. The Kier molecular flexibility index (Phi) is 5.00. The molecule has 2 aromatic carbocycles. The van der Waals surface area contributed by atoms with Crippen LogP contribution in [-0.2, 0) is 30.0 Å². The number of amides is 4. The smallest absolute Gasteiger partial charge is 0.250 e. The third-order valence-electron chi connectivity index (χ3n) is 11.0. The van der Waals surface area contributed by atoms with Gasteiger partial charge in [-0.25, -0.2) is 0 Å². The Labute approximate surface area is 241 Å². The lowest BCUT2D eigenvalue weighted by atomic mass is 9.54. The number of aliphatic hydroxyl groups is 2. The van der Waals surface area contributed by atoms with Gasteiger partial charge in [0.25, 0.3) is 0 Å². The fraction of sp³-hybridized carbons (Fsp3) is 0.467. The van der Waals surface area contributed by atoms with Crippen molar-refractivity contribution in [1.82, 2.24) is 19.6 Å². The Morgan fingerprint density at radius 3 is 1.43 bits per heavy atom. The van der Waals surface area contributed by atoms with Crippen LogP contribution in [0.3, 0.4) is 0 Å². The molecule has 4 amide bonds. The maximum absolute atomic E-state index is 14.0. The summed E-state index contributed by atoms with van der Waals surface area (Å²) in [5.74, 6) is -1.19. The maximum atomic E-state index is 14.0. The Hall–Kier alpha value is -4.16. The van der Waals surface area contributed by atoms with Gasteiger partial charge < -0.3 is 40.4 Å². The molecule has 4 saturated heterocycles. The fourth-order valence-corrected chi connectivity index (χ4v) is 9.22. The van der Waals surface area contributed by atoms with Crippen LogP contribution in [0.1, 0.15) is 24.0 Å². The van der Waals surface area contributed by atoms with Gasteiger partial charge in [-0.2, -0.15) is 0 Å². The molecule has 0 aliphatic carbocycles. The lowest BCUT2D eigenvalue weighted by Crippen LogP contribution is -2.67. The van der Waals surface area contributed by atoms with Gasteiger partial charge in [-0.1, -0.05) is 36.4 Å². The summed E-state index contributed by atoms with van der Waals surface area (Å²) in [6, 6.07) is 12.0. The molecule has 4 fully saturated rings. The number of aliphatic hydroxyl groups excluding tert-OH is 2. The van der Waals surface area contributed by atoms with Gasteiger partial charge in [0.05, 0.1) is 24.0 Å². The lowest BCUT2D eigenvalue weighted by Gasteiger charge is -2.48. The zero-order chi connectivity index (χ0) is 29.3. The molecule has 12 heteroatoms. The molecule has 12 nitrogen and oxygen atoms in total. The highest BCUT2D eigenvalue weighted by atomic mass is 16.3. The predicted molar refractivity (Wildman–Crippen MR) is 149 cm³/mol. The molecule has 6 heterocycles. The minimum Gasteiger partial charge on any atom is -0.394 e. The van der Waals surface area contributed by atoms with E-state index in [2.05, 4.69) is 10.6 Å². The van der Waals surface area contributed by atoms with Crippen LogP contribution in [0.15, 0.2) is 48.5 Å². The molecule has 6 aliphatic heterocycles. The van der Waals surface area contributed by atoms with Gasteiger partial charge >= 0.3 is 0 Å². The van der Waals surface area contributed by atoms with Crippen molar-refractivity contribution in [2.24, 2.45) is 0 Å². The van der Waals surface area contributed by atoms with E-state index in [1.807, 2.05) is 48.5 Å². The van der Waals surface area contributed by atoms with Crippen LogP contribution in [0.25, 0.3) is 0 Å². The summed E-state index contributed by atoms with van der Waals surface area (Å²) in [5.41, 5.74) is 1.63. The summed E-state index contributed by atoms with van der Waals surface area (Å²) >= 11 is 0. The van der Waals surface area contributed by atoms with Crippen LogP contribution in [-0.4, -0.2) is 117 Å². The van der Waals surface area contributed by atoms with Gasteiger partial charge in [-0.05, 0) is 36.1 Å². The molecular formula is C30H32N6O6. The highest BCUT2D eigenvalue weighted by Gasteiger charge is 2.78. The number of fused-ring (bicyclic) bond motifs is 11. The van der Waals surface area contributed by atoms with Crippen LogP contribution in [0.5, 0.6) is 0 Å². The highest BCUT2D eigenvalue weighted by molar-refractivity contribution is 6.01. The van der Waals surface area contributed by atoms with Gasteiger partial charge in [-0.15, -0.1) is 0 Å². The number of piperazine rings is 2. The number of nitrogens with one attached hydrogen (secondary N) is 2. The van der Waals surface area contributed by atoms with Crippen molar-refractivity contribution in [2.75, 3.05) is 37.9 Å². The summed E-state index contributed by atoms with van der Waals surface area (Å²) in [6.07, 6.45) is -0.813. The van der Waals surface area contributed by atoms with Crippen LogP contribution < -0.4 is 10.6 Å². The first-order valence-corrected chi connectivity index (χ1v) is 14.3. The summed E-state index contributed by atoms with van der Waals surface area (Å²) < 4.78 is 0. The molecular weight excluding hydrogens is 540 g/mol. The topological polar surface area (TPSA) is 146 Å². The fourth-order valence-electron chi connectivity index (χ4n) is 9.22. The second kappa shape index (κ2) is 8.23. The van der Waals surface area contributed by atoms with Crippen molar-refractivity contribution in [3.8, 4) is 0 Å². The molecule has 4 N–H and O–H groups in total. The number of nitrogens with zero attached hydrogens (tertiary/aromatic N) is 4. The zero-order valence-electron chi connectivity index (χ0n) is 23.2. The van der Waals surface area contributed by atoms with Gasteiger partial charge in [0, 0.05) is 25.5 Å². The number of benzene rings is 2. The molecule has 2 aromatic rings. The zero-order valence-corrected chi connectivity index (χ0v) is 23.2. The van der Waals surface area contributed by atoms with Gasteiger partial charge in [0.1, 0.15) is 36.5 Å². The Bertz CT molecular complexity index is 1470. The SMILES string of the molecule is CN1C(=O)[C@@H]2C[C@@]3([C@@]45C[C@H]6C(=O)N(C)[C@@H](CO)C(=O)N6[C@@H]4Nc4ccccc45)c4ccccc4N[C@H]3N2C(=O)[C@@H]1CO. The third-order valence-corrected chi connectivity index (χ3v) is 11.0. The van der Waals surface area contributed by atoms with E-state index in [9.17, 15) is 29.4 Å². The van der Waals surface area contributed by atoms with Gasteiger partial charge in [-0.3, -0.25) is 19.2 Å². The molecule has 0 aromatic heterocycles. The normalized spacial score (nSPS) is 37.6. The van der Waals surface area contributed by atoms with Crippen molar-refractivity contribution < 1.29 is 29.4 Å². The molecule has 0 saturated carbocycles. The number of anilines is 2. The van der Waals surface area contributed by atoms with E-state index < -0.39 is 60.5 Å². The standard InChI is InChI=1S/C30H32N6O6/c1-33-21(13-37)25(41)35-19(23(33)39)11-29(15-7-3-5-9-17(15)31-27(29)35)30-12-20-24(40)34(2)22(14-38)26(42)36(20)28(30)32-18-10-6-4-8-16(18)30/h3-10,19-22,27-28,31-32,37-38H,11-14H2,1-2H3/t19-,20-,21-,22-,27-,28-,29+,30+/m0/s1. The van der Waals surface area contributed by atoms with Crippen LogP contribution in [0, 0.1) is 0 Å². The second-order valence-corrected chi connectivity index (χ2v) is 12.4. The van der Waals surface area contributed by atoms with E-state index in [0.29, 0.717) is 0 Å². The van der Waals surface area contributed by atoms with Crippen LogP contribution in [0.4, 0.5) is 11.4 Å². The van der Waals surface area contributed by atoms with E-state index in [4.69, 9.17) is 0 Å². The van der Waals surface area contributed by atoms with E-state index in [1.54, 1.807) is 23.9 Å². The van der Waals surface area contributed by atoms with Gasteiger partial charge in [0.2, 0.25) is 23.6 Å². The average Bonchev–Trinajstić information content (AvgIpc) is 3.69. The maximum Gasteiger partial charge on any atom is 0.250 e. The van der Waals surface area contributed by atoms with Gasteiger partial charge in [0.15, 0.2) is 0 Å². The van der Waals surface area contributed by atoms with E-state index in [0.717, 1.165) is 22.5 Å². The molecule has 6 aliphatic rings. The Morgan fingerprint density at radius 2 is 1.05 bits per heavy atom. The van der Waals surface area contributed by atoms with Crippen molar-refractivity contribution in [2.45, 2.75) is 60.2 Å². The Balaban J connectivity index is 1.41. The number of hydrogen-bond donors (Lipinski definition) is 4. The molecule has 0 bridgehead atoms. The molecule has 8 atom stereocenters. The third kappa shape index (κ3) is 2.62. The molecule has 0 unspecified atom stereocenters. The molecule has 0 radical (unpaired) electrons. The first-order chi connectivity index (χ1) is 20.2. The lowest BCUT2D eigenvalue weighted by molar-refractivity contribution is -0.161. The summed E-state index contributed by atoms with van der Waals surface area (Å²) in [6.45, 7) is -0.994. The number of rotatable bonds is 3. The highest BCUT2D eigenvalue weighted by Crippen LogP contribution is 2.69. The number of carbonyl (C=O) groups is 4. The first-order valence-electron chi connectivity index (χ1n) is 14.3. The first kappa shape index (κ1) is 25.5. The summed E-state index contributed by atoms with van der Waals surface area (Å²) in [4.78, 5) is 61.7. The summed E-state index contributed by atoms with van der Waals surface area (Å²) in [7, 11) is 3.10. The van der Waals surface area contributed by atoms with E-state index >= 15 is 0 Å². The largest absolute Gasteiger partial charge is 0.394 e. The monoisotopic (exact) mass is 572 g/mol. The minimum atomic E-state index is -1.01. The van der Waals surface area contributed by atoms with Crippen molar-refractivity contribution in [3.05, 3.63) is 59.7 Å². The van der Waals surface area contributed by atoms with Crippen LogP contribution in [0.2, 0.25) is 0 Å². The minimum absolute atomic E-state index is 0.253. The van der Waals surface area contributed by atoms with Crippen molar-refractivity contribution in [1.29, 1.82) is 0 Å². The Morgan fingerprint density at radius 1 is 0.667 bits per heavy atom. The van der Waals surface area contributed by atoms with E-state index in [1.165, 1.54) is 9.80 Å². The molecule has 218 valence electrons. The quantitative estimate of drug-likeness (QED) is 0.376. The molecule has 8 rings (SSSR count). The number of carbonyl (C=O) groups excluding carboxylic acids is 4. The summed E-state index contributed by atoms with van der Waals surface area (Å²) in [5, 5.41) is 27.4. The number of likely N-dealkylation sites (N-methyl/N-ethyl adjacent to an activating group) is 2. The van der Waals surface area contributed by atoms with Crippen molar-refractivity contribution in [3.63, 3.8) is 0 Å². The van der Waals surface area contributed by atoms with Crippen LogP contribution >= 0.6 is 0 Å². The predicted octanol–water partition coefficient (Wildman–Crippen LogP) is -0.767. The number of hydrogen-bond acceptors (Lipinski definition) is 8. The average molecular weight is 573 g/mol. The molecule has 42 heavy (non-hydrogen) atoms.